The van der Waals surface area contributed by atoms with E-state index < -0.39 is 0 Å². The molecule has 0 radical (unpaired) electrons. The number of carbonyl (C=O) groups is 2. The number of aromatic nitrogens is 1. The Morgan fingerprint density at radius 1 is 1.08 bits per heavy atom. The highest BCUT2D eigenvalue weighted by atomic mass is 16.5. The molecule has 6 heteroatoms. The van der Waals surface area contributed by atoms with E-state index in [0.717, 1.165) is 63.1 Å². The number of hydrogen-bond donors (Lipinski definition) is 0. The van der Waals surface area contributed by atoms with Gasteiger partial charge in [-0.15, -0.1) is 0 Å². The van der Waals surface area contributed by atoms with Crippen molar-refractivity contribution in [2.75, 3.05) is 19.6 Å². The Hall–Kier alpha value is -1.85. The number of nitrogens with zero attached hydrogens (tertiary/aromatic N) is 3. The summed E-state index contributed by atoms with van der Waals surface area (Å²) in [5.74, 6) is 1.40. The molecule has 1 saturated carbocycles. The number of carbonyl (C=O) groups excluding carboxylic acids is 2. The lowest BCUT2D eigenvalue weighted by Crippen LogP contribution is -2.47. The standard InChI is InChI=1S/C18H25N3O3/c1-12-10-16(24-19-12)15-5-3-9-21(15)18(23)14-4-2-8-20(11-14)17(22)13-6-7-13/h10,13-15H,2-9,11H2,1H3/t14-,15+/m1/s1. The molecule has 3 fully saturated rings. The van der Waals surface area contributed by atoms with Crippen molar-refractivity contribution in [2.24, 2.45) is 11.8 Å². The number of aryl methyl sites for hydroxylation is 1. The molecule has 0 N–H and O–H groups in total. The van der Waals surface area contributed by atoms with E-state index in [4.69, 9.17) is 4.52 Å². The van der Waals surface area contributed by atoms with E-state index in [2.05, 4.69) is 5.16 Å². The summed E-state index contributed by atoms with van der Waals surface area (Å²) in [5, 5.41) is 3.96. The third kappa shape index (κ3) is 2.94. The van der Waals surface area contributed by atoms with Crippen molar-refractivity contribution in [3.63, 3.8) is 0 Å². The second kappa shape index (κ2) is 6.22. The first-order valence-electron chi connectivity index (χ1n) is 9.16. The average Bonchev–Trinajstić information content (AvgIpc) is 3.18. The molecule has 1 aromatic heterocycles. The van der Waals surface area contributed by atoms with Gasteiger partial charge in [0, 0.05) is 31.6 Å². The lowest BCUT2D eigenvalue weighted by atomic mass is 9.95. The summed E-state index contributed by atoms with van der Waals surface area (Å²) < 4.78 is 5.41. The normalized spacial score (nSPS) is 27.5. The van der Waals surface area contributed by atoms with Gasteiger partial charge >= 0.3 is 0 Å². The highest BCUT2D eigenvalue weighted by Gasteiger charge is 2.40. The van der Waals surface area contributed by atoms with E-state index in [1.807, 2.05) is 22.8 Å². The second-order valence-electron chi connectivity index (χ2n) is 7.46. The van der Waals surface area contributed by atoms with Gasteiger partial charge in [0.1, 0.15) is 0 Å². The van der Waals surface area contributed by atoms with Crippen LogP contribution in [0.15, 0.2) is 10.6 Å². The van der Waals surface area contributed by atoms with E-state index >= 15 is 0 Å². The molecular formula is C18H25N3O3. The molecule has 0 unspecified atom stereocenters. The first kappa shape index (κ1) is 15.7. The van der Waals surface area contributed by atoms with Crippen LogP contribution in [-0.4, -0.2) is 46.4 Å². The molecule has 4 rings (SSSR count). The van der Waals surface area contributed by atoms with Crippen LogP contribution >= 0.6 is 0 Å². The summed E-state index contributed by atoms with van der Waals surface area (Å²) in [5.41, 5.74) is 0.850. The van der Waals surface area contributed by atoms with E-state index in [-0.39, 0.29) is 29.7 Å². The molecule has 2 aliphatic heterocycles. The van der Waals surface area contributed by atoms with Crippen LogP contribution in [0.5, 0.6) is 0 Å². The van der Waals surface area contributed by atoms with Crippen LogP contribution in [0.25, 0.3) is 0 Å². The molecule has 0 aromatic carbocycles. The Balaban J connectivity index is 1.44. The minimum absolute atomic E-state index is 0.00760. The predicted molar refractivity (Wildman–Crippen MR) is 87.0 cm³/mol. The fourth-order valence-electron chi connectivity index (χ4n) is 4.07. The van der Waals surface area contributed by atoms with E-state index in [0.29, 0.717) is 6.54 Å². The van der Waals surface area contributed by atoms with Crippen molar-refractivity contribution in [1.29, 1.82) is 0 Å². The van der Waals surface area contributed by atoms with Gasteiger partial charge in [-0.2, -0.15) is 0 Å². The van der Waals surface area contributed by atoms with E-state index in [9.17, 15) is 9.59 Å². The third-order valence-electron chi connectivity index (χ3n) is 5.52. The molecule has 0 spiro atoms. The largest absolute Gasteiger partial charge is 0.359 e. The van der Waals surface area contributed by atoms with Crippen molar-refractivity contribution in [2.45, 2.75) is 51.5 Å². The molecule has 24 heavy (non-hydrogen) atoms. The monoisotopic (exact) mass is 331 g/mol. The lowest BCUT2D eigenvalue weighted by molar-refractivity contribution is -0.142. The SMILES string of the molecule is Cc1cc([C@@H]2CCCN2C(=O)[C@@H]2CCCN(C(=O)C3CC3)C2)on1. The van der Waals surface area contributed by atoms with Gasteiger partial charge < -0.3 is 14.3 Å². The fraction of sp³-hybridized carbons (Fsp3) is 0.722. The number of likely N-dealkylation sites (tertiary alicyclic amines) is 2. The van der Waals surface area contributed by atoms with E-state index in [1.165, 1.54) is 0 Å². The summed E-state index contributed by atoms with van der Waals surface area (Å²) in [4.78, 5) is 29.3. The summed E-state index contributed by atoms with van der Waals surface area (Å²) >= 11 is 0. The number of rotatable bonds is 3. The molecule has 1 aliphatic carbocycles. The second-order valence-corrected chi connectivity index (χ2v) is 7.46. The molecule has 6 nitrogen and oxygen atoms in total. The van der Waals surface area contributed by atoms with Gasteiger partial charge in [-0.1, -0.05) is 5.16 Å². The predicted octanol–water partition coefficient (Wildman–Crippen LogP) is 2.30. The third-order valence-corrected chi connectivity index (χ3v) is 5.52. The zero-order valence-corrected chi connectivity index (χ0v) is 14.2. The molecule has 3 aliphatic rings. The van der Waals surface area contributed by atoms with Crippen molar-refractivity contribution in [3.05, 3.63) is 17.5 Å². The highest BCUT2D eigenvalue weighted by molar-refractivity contribution is 5.84. The Kier molecular flexibility index (Phi) is 4.06. The quantitative estimate of drug-likeness (QED) is 0.852. The van der Waals surface area contributed by atoms with Crippen LogP contribution in [0.1, 0.15) is 56.0 Å². The van der Waals surface area contributed by atoms with Crippen LogP contribution < -0.4 is 0 Å². The molecule has 2 saturated heterocycles. The molecule has 2 amide bonds. The van der Waals surface area contributed by atoms with Crippen molar-refractivity contribution in [1.82, 2.24) is 15.0 Å². The lowest BCUT2D eigenvalue weighted by Gasteiger charge is -2.35. The number of hydrogen-bond acceptors (Lipinski definition) is 4. The van der Waals surface area contributed by atoms with Gasteiger partial charge in [-0.3, -0.25) is 9.59 Å². The highest BCUT2D eigenvalue weighted by Crippen LogP contribution is 2.36. The Labute approximate surface area is 142 Å². The summed E-state index contributed by atoms with van der Waals surface area (Å²) in [7, 11) is 0. The maximum absolute atomic E-state index is 13.1. The Morgan fingerprint density at radius 3 is 2.58 bits per heavy atom. The maximum Gasteiger partial charge on any atom is 0.228 e. The van der Waals surface area contributed by atoms with Crippen molar-refractivity contribution >= 4 is 11.8 Å². The fourth-order valence-corrected chi connectivity index (χ4v) is 4.07. The molecule has 1 aromatic rings. The molecule has 130 valence electrons. The zero-order chi connectivity index (χ0) is 16.7. The van der Waals surface area contributed by atoms with Crippen LogP contribution in [0.4, 0.5) is 0 Å². The van der Waals surface area contributed by atoms with Crippen LogP contribution in [0.3, 0.4) is 0 Å². The van der Waals surface area contributed by atoms with Gasteiger partial charge in [-0.05, 0) is 45.4 Å². The smallest absolute Gasteiger partial charge is 0.228 e. The molecule has 0 bridgehead atoms. The van der Waals surface area contributed by atoms with Gasteiger partial charge in [-0.25, -0.2) is 0 Å². The van der Waals surface area contributed by atoms with Gasteiger partial charge in [0.2, 0.25) is 11.8 Å². The van der Waals surface area contributed by atoms with Crippen molar-refractivity contribution in [3.8, 4) is 0 Å². The molecule has 3 heterocycles. The first-order valence-corrected chi connectivity index (χ1v) is 9.16. The van der Waals surface area contributed by atoms with Crippen molar-refractivity contribution < 1.29 is 14.1 Å². The zero-order valence-electron chi connectivity index (χ0n) is 14.2. The van der Waals surface area contributed by atoms with Crippen LogP contribution in [-0.2, 0) is 9.59 Å². The summed E-state index contributed by atoms with van der Waals surface area (Å²) in [6.07, 6.45) is 5.77. The molecule has 2 atom stereocenters. The topological polar surface area (TPSA) is 66.7 Å². The summed E-state index contributed by atoms with van der Waals surface area (Å²) in [6, 6.07) is 1.94. The number of amides is 2. The molecular weight excluding hydrogens is 306 g/mol. The van der Waals surface area contributed by atoms with Crippen LogP contribution in [0.2, 0.25) is 0 Å². The van der Waals surface area contributed by atoms with Crippen LogP contribution in [0, 0.1) is 18.8 Å². The minimum atomic E-state index is -0.0638. The maximum atomic E-state index is 13.1. The first-order chi connectivity index (χ1) is 11.6. The summed E-state index contributed by atoms with van der Waals surface area (Å²) in [6.45, 7) is 4.07. The Morgan fingerprint density at radius 2 is 1.88 bits per heavy atom. The van der Waals surface area contributed by atoms with Gasteiger partial charge in [0.05, 0.1) is 17.7 Å². The average molecular weight is 331 g/mol. The number of piperidine rings is 1. The van der Waals surface area contributed by atoms with E-state index in [1.54, 1.807) is 0 Å². The Bertz CT molecular complexity index is 637. The van der Waals surface area contributed by atoms with Gasteiger partial charge in [0.15, 0.2) is 5.76 Å². The minimum Gasteiger partial charge on any atom is -0.359 e. The van der Waals surface area contributed by atoms with Gasteiger partial charge in [0.25, 0.3) is 0 Å².